The maximum absolute atomic E-state index is 9.00. The van der Waals surface area contributed by atoms with Crippen LogP contribution >= 0.6 is 11.6 Å². The normalized spacial score (nSPS) is 11.8. The van der Waals surface area contributed by atoms with Crippen LogP contribution in [0, 0.1) is 0 Å². The fraction of sp³-hybridized carbons (Fsp3) is 0. The van der Waals surface area contributed by atoms with Gasteiger partial charge in [0.05, 0.1) is 5.69 Å². The van der Waals surface area contributed by atoms with Gasteiger partial charge in [-0.25, -0.2) is 4.68 Å². The Morgan fingerprint density at radius 1 is 1.25 bits per heavy atom. The minimum atomic E-state index is -3.51. The topological polar surface area (TPSA) is 78.5 Å². The highest BCUT2D eigenvalue weighted by molar-refractivity contribution is 6.71. The highest BCUT2D eigenvalue weighted by atomic mass is 35.5. The largest absolute Gasteiger partial charge is 0.556 e. The van der Waals surface area contributed by atoms with Crippen LogP contribution in [0.5, 0.6) is 0 Å². The van der Waals surface area contributed by atoms with Crippen molar-refractivity contribution < 1.29 is 15.1 Å². The lowest BCUT2D eigenvalue weighted by Crippen LogP contribution is -2.48. The zero-order valence-electron chi connectivity index (χ0n) is 8.16. The summed E-state index contributed by atoms with van der Waals surface area (Å²) in [5.74, 6) is 0. The Bertz CT molecular complexity index is 509. The average molecular weight is 239 g/mol. The van der Waals surface area contributed by atoms with Crippen LogP contribution in [0.4, 0.5) is 0 Å². The number of hydrogen-bond acceptors (Lipinski definition) is 4. The summed E-state index contributed by atoms with van der Waals surface area (Å²) in [6.45, 7) is -3.51. The first-order valence-electron chi connectivity index (χ1n) is 4.59. The molecule has 0 aliphatic carbocycles. The highest BCUT2D eigenvalue weighted by Crippen LogP contribution is 2.13. The SMILES string of the molecule is O[B-](O)(O)c1cnn(-c2cccc(Cl)c2)c1. The predicted octanol–water partition coefficient (Wildman–Crippen LogP) is -0.352. The summed E-state index contributed by atoms with van der Waals surface area (Å²) in [6.07, 6.45) is 2.51. The van der Waals surface area contributed by atoms with Crippen LogP contribution < -0.4 is 5.46 Å². The van der Waals surface area contributed by atoms with E-state index < -0.39 is 6.75 Å². The van der Waals surface area contributed by atoms with Gasteiger partial charge in [0.15, 0.2) is 0 Å². The van der Waals surface area contributed by atoms with Crippen LogP contribution in [-0.2, 0) is 0 Å². The molecule has 2 aromatic rings. The second-order valence-electron chi connectivity index (χ2n) is 3.43. The van der Waals surface area contributed by atoms with E-state index >= 15 is 0 Å². The van der Waals surface area contributed by atoms with Crippen molar-refractivity contribution in [1.82, 2.24) is 9.78 Å². The number of nitrogens with zero attached hydrogens (tertiary/aromatic N) is 2. The van der Waals surface area contributed by atoms with Crippen molar-refractivity contribution in [3.05, 3.63) is 41.7 Å². The smallest absolute Gasteiger partial charge is 0.405 e. The molecule has 0 bridgehead atoms. The Hall–Kier alpha value is -1.34. The first-order valence-corrected chi connectivity index (χ1v) is 4.97. The fourth-order valence-corrected chi connectivity index (χ4v) is 1.48. The van der Waals surface area contributed by atoms with Crippen LogP contribution in [0.1, 0.15) is 0 Å². The van der Waals surface area contributed by atoms with Gasteiger partial charge < -0.3 is 15.1 Å². The van der Waals surface area contributed by atoms with E-state index in [0.29, 0.717) is 10.7 Å². The van der Waals surface area contributed by atoms with Gasteiger partial charge in [-0.2, -0.15) is 5.10 Å². The third-order valence-corrected chi connectivity index (χ3v) is 2.36. The van der Waals surface area contributed by atoms with Gasteiger partial charge in [-0.05, 0) is 18.2 Å². The molecule has 0 saturated heterocycles. The summed E-state index contributed by atoms with van der Waals surface area (Å²) < 4.78 is 1.39. The fourth-order valence-electron chi connectivity index (χ4n) is 1.30. The monoisotopic (exact) mass is 239 g/mol. The second-order valence-corrected chi connectivity index (χ2v) is 3.87. The number of hydrogen-bond donors (Lipinski definition) is 3. The van der Waals surface area contributed by atoms with Crippen LogP contribution in [0.2, 0.25) is 5.02 Å². The Balaban J connectivity index is 2.39. The lowest BCUT2D eigenvalue weighted by molar-refractivity contribution is 0.249. The second kappa shape index (κ2) is 3.91. The van der Waals surface area contributed by atoms with Crippen LogP contribution in [0.3, 0.4) is 0 Å². The van der Waals surface area contributed by atoms with E-state index in [0.717, 1.165) is 0 Å². The molecular formula is C9H9BClN2O3-. The molecule has 7 heteroatoms. The van der Waals surface area contributed by atoms with Crippen molar-refractivity contribution in [2.24, 2.45) is 0 Å². The van der Waals surface area contributed by atoms with Gasteiger partial charge in [0.1, 0.15) is 0 Å². The lowest BCUT2D eigenvalue weighted by atomic mass is 9.73. The van der Waals surface area contributed by atoms with Crippen molar-refractivity contribution >= 4 is 23.8 Å². The molecule has 0 unspecified atom stereocenters. The molecule has 3 N–H and O–H groups in total. The van der Waals surface area contributed by atoms with Crippen LogP contribution in [-0.4, -0.2) is 31.6 Å². The predicted molar refractivity (Wildman–Crippen MR) is 60.6 cm³/mol. The Morgan fingerprint density at radius 2 is 2.00 bits per heavy atom. The Morgan fingerprint density at radius 3 is 2.56 bits per heavy atom. The van der Waals surface area contributed by atoms with E-state index in [2.05, 4.69) is 5.10 Å². The molecule has 0 spiro atoms. The molecule has 84 valence electrons. The number of rotatable bonds is 2. The molecule has 2 rings (SSSR count). The Labute approximate surface area is 96.5 Å². The summed E-state index contributed by atoms with van der Waals surface area (Å²) in [4.78, 5) is 0. The summed E-state index contributed by atoms with van der Waals surface area (Å²) in [7, 11) is 0. The van der Waals surface area contributed by atoms with Gasteiger partial charge in [-0.1, -0.05) is 23.1 Å². The van der Waals surface area contributed by atoms with Gasteiger partial charge in [0.25, 0.3) is 0 Å². The van der Waals surface area contributed by atoms with E-state index in [4.69, 9.17) is 26.7 Å². The van der Waals surface area contributed by atoms with E-state index in [1.165, 1.54) is 17.1 Å². The number of benzene rings is 1. The van der Waals surface area contributed by atoms with Crippen molar-refractivity contribution in [2.75, 3.05) is 0 Å². The van der Waals surface area contributed by atoms with E-state index in [9.17, 15) is 0 Å². The molecule has 0 aliphatic rings. The average Bonchev–Trinajstić information content (AvgIpc) is 2.65. The molecule has 0 aliphatic heterocycles. The zero-order chi connectivity index (χ0) is 11.8. The molecule has 16 heavy (non-hydrogen) atoms. The quantitative estimate of drug-likeness (QED) is 0.626. The molecular weight excluding hydrogens is 230 g/mol. The van der Waals surface area contributed by atoms with Crippen molar-refractivity contribution in [1.29, 1.82) is 0 Å². The van der Waals surface area contributed by atoms with Gasteiger partial charge in [-0.15, -0.1) is 0 Å². The van der Waals surface area contributed by atoms with Crippen LogP contribution in [0.25, 0.3) is 5.69 Å². The standard InChI is InChI=1S/C9H9BClN2O3/c11-8-2-1-3-9(4-8)13-6-7(5-12-13)10(14,15)16/h1-6,14-16H/q-1. The molecule has 1 aromatic heterocycles. The van der Waals surface area contributed by atoms with Crippen molar-refractivity contribution in [3.8, 4) is 5.69 Å². The van der Waals surface area contributed by atoms with Crippen LogP contribution in [0.15, 0.2) is 36.7 Å². The molecule has 0 amide bonds. The molecule has 0 saturated carbocycles. The molecule has 1 heterocycles. The summed E-state index contributed by atoms with van der Waals surface area (Å²) in [5.41, 5.74) is 0.610. The van der Waals surface area contributed by atoms with Gasteiger partial charge in [-0.3, -0.25) is 0 Å². The van der Waals surface area contributed by atoms with Gasteiger partial charge in [0, 0.05) is 17.4 Å². The maximum atomic E-state index is 9.00. The third kappa shape index (κ3) is 2.25. The highest BCUT2D eigenvalue weighted by Gasteiger charge is 2.20. The van der Waals surface area contributed by atoms with Crippen molar-refractivity contribution in [3.63, 3.8) is 0 Å². The zero-order valence-corrected chi connectivity index (χ0v) is 8.91. The van der Waals surface area contributed by atoms with Crippen molar-refractivity contribution in [2.45, 2.75) is 0 Å². The minimum absolute atomic E-state index is 0.0556. The minimum Gasteiger partial charge on any atom is -0.556 e. The number of halogens is 1. The third-order valence-electron chi connectivity index (χ3n) is 2.12. The molecule has 5 nitrogen and oxygen atoms in total. The molecule has 0 fully saturated rings. The summed E-state index contributed by atoms with van der Waals surface area (Å²) >= 11 is 5.81. The lowest BCUT2D eigenvalue weighted by Gasteiger charge is -2.17. The Kier molecular flexibility index (Phi) is 2.73. The van der Waals surface area contributed by atoms with Gasteiger partial charge in [0.2, 0.25) is 0 Å². The summed E-state index contributed by atoms with van der Waals surface area (Å²) in [5, 5.41) is 31.4. The first-order chi connectivity index (χ1) is 7.47. The number of aromatic nitrogens is 2. The van der Waals surface area contributed by atoms with E-state index in [-0.39, 0.29) is 5.46 Å². The molecule has 0 radical (unpaired) electrons. The van der Waals surface area contributed by atoms with E-state index in [1.807, 2.05) is 0 Å². The first kappa shape index (κ1) is 11.2. The van der Waals surface area contributed by atoms with Gasteiger partial charge >= 0.3 is 6.75 Å². The molecule has 1 aromatic carbocycles. The summed E-state index contributed by atoms with van der Waals surface area (Å²) in [6, 6.07) is 6.88. The molecule has 0 atom stereocenters. The van der Waals surface area contributed by atoms with E-state index in [1.54, 1.807) is 24.3 Å². The maximum Gasteiger partial charge on any atom is 0.405 e.